The number of nitrogen functional groups attached to an aromatic ring is 1. The zero-order valence-corrected chi connectivity index (χ0v) is 11.3. The number of nitrogens with zero attached hydrogens (tertiary/aromatic N) is 1. The lowest BCUT2D eigenvalue weighted by Gasteiger charge is -2.14. The van der Waals surface area contributed by atoms with E-state index in [1.54, 1.807) is 24.3 Å². The summed E-state index contributed by atoms with van der Waals surface area (Å²) in [5.74, 6) is -0.556. The van der Waals surface area contributed by atoms with Crippen molar-refractivity contribution in [3.63, 3.8) is 0 Å². The van der Waals surface area contributed by atoms with E-state index in [-0.39, 0.29) is 11.3 Å². The largest absolute Gasteiger partial charge is 0.495 e. The van der Waals surface area contributed by atoms with Crippen molar-refractivity contribution < 1.29 is 14.6 Å². The van der Waals surface area contributed by atoms with Crippen LogP contribution in [-0.4, -0.2) is 18.2 Å². The fraction of sp³-hybridized carbons (Fsp3) is 0.0667. The second kappa shape index (κ2) is 5.84. The van der Waals surface area contributed by atoms with Crippen molar-refractivity contribution >= 4 is 23.0 Å². The van der Waals surface area contributed by atoms with Gasteiger partial charge in [0.2, 0.25) is 0 Å². The van der Waals surface area contributed by atoms with Gasteiger partial charge in [0.15, 0.2) is 0 Å². The molecule has 2 rings (SSSR count). The minimum absolute atomic E-state index is 0.0959. The van der Waals surface area contributed by atoms with Crippen LogP contribution in [0.4, 0.5) is 17.1 Å². The smallest absolute Gasteiger partial charge is 0.335 e. The van der Waals surface area contributed by atoms with Crippen molar-refractivity contribution in [2.45, 2.75) is 0 Å². The maximum atomic E-state index is 10.9. The van der Waals surface area contributed by atoms with Crippen molar-refractivity contribution in [3.8, 4) is 11.8 Å². The molecule has 0 heterocycles. The maximum Gasteiger partial charge on any atom is 0.335 e. The molecule has 6 nitrogen and oxygen atoms in total. The Labute approximate surface area is 121 Å². The molecule has 0 unspecified atom stereocenters. The summed E-state index contributed by atoms with van der Waals surface area (Å²) in [4.78, 5) is 10.9. The lowest BCUT2D eigenvalue weighted by molar-refractivity contribution is 0.0697. The summed E-state index contributed by atoms with van der Waals surface area (Å²) >= 11 is 0. The van der Waals surface area contributed by atoms with Crippen LogP contribution in [0.5, 0.6) is 5.75 Å². The third-order valence-electron chi connectivity index (χ3n) is 2.92. The number of rotatable bonds is 4. The Hall–Kier alpha value is -3.20. The molecule has 0 saturated heterocycles. The van der Waals surface area contributed by atoms with Gasteiger partial charge in [-0.15, -0.1) is 0 Å². The molecule has 0 bridgehead atoms. The average molecular weight is 283 g/mol. The first-order valence-electron chi connectivity index (χ1n) is 6.03. The number of nitriles is 1. The molecule has 0 radical (unpaired) electrons. The van der Waals surface area contributed by atoms with Gasteiger partial charge in [-0.25, -0.2) is 4.79 Å². The van der Waals surface area contributed by atoms with E-state index in [2.05, 4.69) is 11.4 Å². The molecule has 21 heavy (non-hydrogen) atoms. The van der Waals surface area contributed by atoms with Crippen LogP contribution in [0.2, 0.25) is 0 Å². The second-order valence-corrected chi connectivity index (χ2v) is 4.23. The zero-order valence-electron chi connectivity index (χ0n) is 11.3. The lowest BCUT2D eigenvalue weighted by Crippen LogP contribution is -2.03. The van der Waals surface area contributed by atoms with Crippen LogP contribution in [-0.2, 0) is 0 Å². The molecule has 2 aromatic rings. The molecule has 0 amide bonds. The molecule has 0 saturated carbocycles. The third-order valence-corrected chi connectivity index (χ3v) is 2.92. The van der Waals surface area contributed by atoms with Crippen LogP contribution in [0.3, 0.4) is 0 Å². The maximum absolute atomic E-state index is 10.9. The van der Waals surface area contributed by atoms with Gasteiger partial charge in [0.1, 0.15) is 11.8 Å². The number of nitrogens with two attached hydrogens (primary N) is 1. The number of aromatic carboxylic acids is 1. The molecule has 0 fully saturated rings. The minimum Gasteiger partial charge on any atom is -0.495 e. The Kier molecular flexibility index (Phi) is 3.95. The Morgan fingerprint density at radius 2 is 2.14 bits per heavy atom. The Morgan fingerprint density at radius 3 is 2.71 bits per heavy atom. The van der Waals surface area contributed by atoms with E-state index < -0.39 is 5.97 Å². The lowest BCUT2D eigenvalue weighted by atomic mass is 10.1. The number of hydrogen-bond donors (Lipinski definition) is 3. The van der Waals surface area contributed by atoms with Crippen LogP contribution >= 0.6 is 0 Å². The second-order valence-electron chi connectivity index (χ2n) is 4.23. The van der Waals surface area contributed by atoms with Gasteiger partial charge in [-0.1, -0.05) is 6.07 Å². The van der Waals surface area contributed by atoms with Gasteiger partial charge in [0.05, 0.1) is 35.3 Å². The average Bonchev–Trinajstić information content (AvgIpc) is 2.49. The minimum atomic E-state index is -1.05. The number of carboxylic acid groups (broad SMARTS) is 1. The highest BCUT2D eigenvalue weighted by Gasteiger charge is 2.12. The molecule has 2 aromatic carbocycles. The highest BCUT2D eigenvalue weighted by atomic mass is 16.5. The first kappa shape index (κ1) is 14.2. The van der Waals surface area contributed by atoms with Crippen molar-refractivity contribution in [2.75, 3.05) is 18.2 Å². The van der Waals surface area contributed by atoms with Gasteiger partial charge in [-0.05, 0) is 30.3 Å². The molecular formula is C15H13N3O3. The predicted octanol–water partition coefficient (Wildman–Crippen LogP) is 2.59. The summed E-state index contributed by atoms with van der Waals surface area (Å²) in [6.07, 6.45) is 0. The molecular weight excluding hydrogens is 270 g/mol. The van der Waals surface area contributed by atoms with Crippen molar-refractivity contribution in [3.05, 3.63) is 47.5 Å². The van der Waals surface area contributed by atoms with Gasteiger partial charge < -0.3 is 20.9 Å². The summed E-state index contributed by atoms with van der Waals surface area (Å²) in [6.45, 7) is 0. The van der Waals surface area contributed by atoms with E-state index in [9.17, 15) is 4.79 Å². The van der Waals surface area contributed by atoms with Gasteiger partial charge in [-0.3, -0.25) is 0 Å². The zero-order chi connectivity index (χ0) is 15.4. The number of carbonyl (C=O) groups is 1. The molecule has 106 valence electrons. The fourth-order valence-corrected chi connectivity index (χ4v) is 1.87. The Morgan fingerprint density at radius 1 is 1.38 bits per heavy atom. The van der Waals surface area contributed by atoms with Crippen LogP contribution < -0.4 is 15.8 Å². The summed E-state index contributed by atoms with van der Waals surface area (Å²) in [7, 11) is 1.50. The Bertz CT molecular complexity index is 735. The number of anilines is 3. The number of hydrogen-bond acceptors (Lipinski definition) is 5. The molecule has 6 heteroatoms. The van der Waals surface area contributed by atoms with Crippen molar-refractivity contribution in [2.24, 2.45) is 0 Å². The topological polar surface area (TPSA) is 108 Å². The predicted molar refractivity (Wildman–Crippen MR) is 78.8 cm³/mol. The third kappa shape index (κ3) is 2.87. The van der Waals surface area contributed by atoms with Crippen LogP contribution in [0.1, 0.15) is 15.9 Å². The van der Waals surface area contributed by atoms with E-state index in [4.69, 9.17) is 20.8 Å². The van der Waals surface area contributed by atoms with Gasteiger partial charge in [0, 0.05) is 0 Å². The highest BCUT2D eigenvalue weighted by Crippen LogP contribution is 2.33. The summed E-state index contributed by atoms with van der Waals surface area (Å²) < 4.78 is 5.21. The van der Waals surface area contributed by atoms with Crippen LogP contribution in [0.25, 0.3) is 0 Å². The number of methoxy groups -OCH3 is 1. The van der Waals surface area contributed by atoms with Gasteiger partial charge in [0.25, 0.3) is 0 Å². The normalized spacial score (nSPS) is 9.71. The van der Waals surface area contributed by atoms with E-state index in [1.165, 1.54) is 19.2 Å². The first-order chi connectivity index (χ1) is 10.1. The number of nitrogens with one attached hydrogen (secondary N) is 1. The molecule has 0 aromatic heterocycles. The standard InChI is InChI=1S/C15H13N3O3/c1-21-13-4-2-3-10(8-16)14(13)18-12-6-5-9(15(19)20)7-11(12)17/h2-7,18H,17H2,1H3,(H,19,20). The van der Waals surface area contributed by atoms with E-state index in [1.807, 2.05) is 0 Å². The SMILES string of the molecule is COc1cccc(C#N)c1Nc1ccc(C(=O)O)cc1N. The quantitative estimate of drug-likeness (QED) is 0.744. The van der Waals surface area contributed by atoms with Gasteiger partial charge in [-0.2, -0.15) is 5.26 Å². The highest BCUT2D eigenvalue weighted by molar-refractivity contribution is 5.91. The Balaban J connectivity index is 2.44. The van der Waals surface area contributed by atoms with Crippen molar-refractivity contribution in [1.82, 2.24) is 0 Å². The van der Waals surface area contributed by atoms with E-state index >= 15 is 0 Å². The monoisotopic (exact) mass is 283 g/mol. The number of benzene rings is 2. The summed E-state index contributed by atoms with van der Waals surface area (Å²) in [6, 6.07) is 11.5. The molecule has 0 aliphatic rings. The molecule has 0 aliphatic carbocycles. The fourth-order valence-electron chi connectivity index (χ4n) is 1.87. The molecule has 4 N–H and O–H groups in total. The molecule has 0 spiro atoms. The first-order valence-corrected chi connectivity index (χ1v) is 6.03. The molecule has 0 atom stereocenters. The van der Waals surface area contributed by atoms with Crippen LogP contribution in [0, 0.1) is 11.3 Å². The number of para-hydroxylation sites is 1. The van der Waals surface area contributed by atoms with E-state index in [0.29, 0.717) is 22.7 Å². The number of carboxylic acids is 1. The van der Waals surface area contributed by atoms with E-state index in [0.717, 1.165) is 0 Å². The number of ether oxygens (including phenoxy) is 1. The van der Waals surface area contributed by atoms with Crippen molar-refractivity contribution in [1.29, 1.82) is 5.26 Å². The molecule has 0 aliphatic heterocycles. The van der Waals surface area contributed by atoms with Crippen LogP contribution in [0.15, 0.2) is 36.4 Å². The summed E-state index contributed by atoms with van der Waals surface area (Å²) in [5, 5.41) is 21.1. The summed E-state index contributed by atoms with van der Waals surface area (Å²) in [5.41, 5.74) is 7.59. The van der Waals surface area contributed by atoms with Gasteiger partial charge >= 0.3 is 5.97 Å².